The van der Waals surface area contributed by atoms with Crippen LogP contribution in [0.5, 0.6) is 0 Å². The highest BCUT2D eigenvalue weighted by Crippen LogP contribution is 2.31. The maximum atomic E-state index is 3.61. The van der Waals surface area contributed by atoms with Gasteiger partial charge in [0.2, 0.25) is 0 Å². The van der Waals surface area contributed by atoms with Gasteiger partial charge < -0.3 is 0 Å². The molecule has 0 aliphatic rings. The zero-order valence-electron chi connectivity index (χ0n) is 10.3. The molecule has 0 saturated carbocycles. The van der Waals surface area contributed by atoms with Gasteiger partial charge in [-0.15, -0.1) is 0 Å². The van der Waals surface area contributed by atoms with Crippen LogP contribution in [0, 0.1) is 6.92 Å². The van der Waals surface area contributed by atoms with Crippen LogP contribution in [0.1, 0.15) is 24.5 Å². The Hall–Kier alpha value is -1.08. The van der Waals surface area contributed by atoms with Gasteiger partial charge in [0.15, 0.2) is 0 Å². The lowest BCUT2D eigenvalue weighted by Gasteiger charge is -2.12. The molecule has 0 saturated heterocycles. The van der Waals surface area contributed by atoms with Gasteiger partial charge in [0.1, 0.15) is 0 Å². The Labute approximate surface area is 112 Å². The number of halogens is 1. The SMILES string of the molecule is CCCc1ccccc1-c1cccc(Br)c1C. The van der Waals surface area contributed by atoms with E-state index in [-0.39, 0.29) is 0 Å². The van der Waals surface area contributed by atoms with Crippen molar-refractivity contribution in [2.75, 3.05) is 0 Å². The van der Waals surface area contributed by atoms with Crippen molar-refractivity contribution in [1.29, 1.82) is 0 Å². The van der Waals surface area contributed by atoms with Crippen LogP contribution in [-0.2, 0) is 6.42 Å². The predicted octanol–water partition coefficient (Wildman–Crippen LogP) is 5.38. The highest BCUT2D eigenvalue weighted by molar-refractivity contribution is 9.10. The minimum atomic E-state index is 1.14. The number of rotatable bonds is 3. The fraction of sp³-hybridized carbons (Fsp3) is 0.250. The van der Waals surface area contributed by atoms with E-state index < -0.39 is 0 Å². The Kier molecular flexibility index (Phi) is 4.01. The van der Waals surface area contributed by atoms with E-state index in [4.69, 9.17) is 0 Å². The van der Waals surface area contributed by atoms with Crippen molar-refractivity contribution in [3.05, 3.63) is 58.1 Å². The first-order chi connectivity index (χ1) is 8.24. The fourth-order valence-corrected chi connectivity index (χ4v) is 2.54. The van der Waals surface area contributed by atoms with E-state index in [0.29, 0.717) is 0 Å². The minimum Gasteiger partial charge on any atom is -0.0651 e. The van der Waals surface area contributed by atoms with Gasteiger partial charge in [-0.3, -0.25) is 0 Å². The molecule has 2 aromatic carbocycles. The third kappa shape index (κ3) is 2.61. The maximum absolute atomic E-state index is 3.61. The van der Waals surface area contributed by atoms with Gasteiger partial charge in [0, 0.05) is 4.47 Å². The second-order valence-electron chi connectivity index (χ2n) is 4.32. The first-order valence-corrected chi connectivity index (χ1v) is 6.86. The molecule has 0 aromatic heterocycles. The fourth-order valence-electron chi connectivity index (χ4n) is 2.17. The normalized spacial score (nSPS) is 10.5. The van der Waals surface area contributed by atoms with Crippen molar-refractivity contribution >= 4 is 15.9 Å². The van der Waals surface area contributed by atoms with Crippen molar-refractivity contribution in [1.82, 2.24) is 0 Å². The van der Waals surface area contributed by atoms with Crippen LogP contribution in [-0.4, -0.2) is 0 Å². The summed E-state index contributed by atoms with van der Waals surface area (Å²) in [6, 6.07) is 15.1. The van der Waals surface area contributed by atoms with Crippen LogP contribution in [0.4, 0.5) is 0 Å². The first kappa shape index (κ1) is 12.4. The zero-order chi connectivity index (χ0) is 12.3. The molecule has 0 bridgehead atoms. The van der Waals surface area contributed by atoms with E-state index in [0.717, 1.165) is 6.42 Å². The van der Waals surface area contributed by atoms with Crippen LogP contribution in [0.3, 0.4) is 0 Å². The van der Waals surface area contributed by atoms with Crippen LogP contribution in [0.2, 0.25) is 0 Å². The predicted molar refractivity (Wildman–Crippen MR) is 78.3 cm³/mol. The van der Waals surface area contributed by atoms with Gasteiger partial charge >= 0.3 is 0 Å². The Balaban J connectivity index is 2.56. The molecule has 2 aromatic rings. The van der Waals surface area contributed by atoms with Crippen LogP contribution < -0.4 is 0 Å². The summed E-state index contributed by atoms with van der Waals surface area (Å²) in [5.41, 5.74) is 5.46. The molecule has 1 heteroatoms. The smallest absolute Gasteiger partial charge is 0.0210 e. The van der Waals surface area contributed by atoms with Crippen molar-refractivity contribution < 1.29 is 0 Å². The van der Waals surface area contributed by atoms with Crippen molar-refractivity contribution in [2.24, 2.45) is 0 Å². The molecule has 0 aliphatic carbocycles. The third-order valence-electron chi connectivity index (χ3n) is 3.09. The van der Waals surface area contributed by atoms with Gasteiger partial charge in [-0.25, -0.2) is 0 Å². The van der Waals surface area contributed by atoms with Gasteiger partial charge in [-0.2, -0.15) is 0 Å². The van der Waals surface area contributed by atoms with Crippen LogP contribution >= 0.6 is 15.9 Å². The van der Waals surface area contributed by atoms with Crippen molar-refractivity contribution in [3.63, 3.8) is 0 Å². The zero-order valence-corrected chi connectivity index (χ0v) is 11.9. The molecule has 88 valence electrons. The largest absolute Gasteiger partial charge is 0.0651 e. The lowest BCUT2D eigenvalue weighted by atomic mass is 9.94. The molecule has 0 radical (unpaired) electrons. The first-order valence-electron chi connectivity index (χ1n) is 6.07. The number of hydrogen-bond donors (Lipinski definition) is 0. The number of benzene rings is 2. The lowest BCUT2D eigenvalue weighted by Crippen LogP contribution is -1.91. The topological polar surface area (TPSA) is 0 Å². The van der Waals surface area contributed by atoms with Crippen molar-refractivity contribution in [3.8, 4) is 11.1 Å². The second kappa shape index (κ2) is 5.50. The van der Waals surface area contributed by atoms with Crippen molar-refractivity contribution in [2.45, 2.75) is 26.7 Å². The van der Waals surface area contributed by atoms with Gasteiger partial charge in [0.05, 0.1) is 0 Å². The van der Waals surface area contributed by atoms with E-state index in [1.165, 1.54) is 33.1 Å². The lowest BCUT2D eigenvalue weighted by molar-refractivity contribution is 0.923. The van der Waals surface area contributed by atoms with E-state index in [1.807, 2.05) is 0 Å². The molecular weight excluding hydrogens is 272 g/mol. The Morgan fingerprint density at radius 3 is 2.41 bits per heavy atom. The summed E-state index contributed by atoms with van der Waals surface area (Å²) in [6.45, 7) is 4.40. The summed E-state index contributed by atoms with van der Waals surface area (Å²) in [7, 11) is 0. The maximum Gasteiger partial charge on any atom is 0.0210 e. The molecule has 0 heterocycles. The van der Waals surface area contributed by atoms with Gasteiger partial charge in [0.25, 0.3) is 0 Å². The molecule has 0 nitrogen and oxygen atoms in total. The van der Waals surface area contributed by atoms with Crippen LogP contribution in [0.15, 0.2) is 46.9 Å². The summed E-state index contributed by atoms with van der Waals surface area (Å²) >= 11 is 3.61. The summed E-state index contributed by atoms with van der Waals surface area (Å²) in [6.07, 6.45) is 2.33. The Morgan fingerprint density at radius 2 is 1.65 bits per heavy atom. The molecular formula is C16H17Br. The van der Waals surface area contributed by atoms with Gasteiger partial charge in [-0.1, -0.05) is 65.7 Å². The summed E-state index contributed by atoms with van der Waals surface area (Å²) < 4.78 is 1.18. The second-order valence-corrected chi connectivity index (χ2v) is 5.17. The molecule has 2 rings (SSSR count). The molecule has 0 aliphatic heterocycles. The molecule has 0 spiro atoms. The van der Waals surface area contributed by atoms with Crippen LogP contribution in [0.25, 0.3) is 11.1 Å². The average Bonchev–Trinajstić information content (AvgIpc) is 2.34. The molecule has 0 amide bonds. The molecule has 0 N–H and O–H groups in total. The summed E-state index contributed by atoms with van der Waals surface area (Å²) in [5, 5.41) is 0. The summed E-state index contributed by atoms with van der Waals surface area (Å²) in [5.74, 6) is 0. The molecule has 0 unspecified atom stereocenters. The van der Waals surface area contributed by atoms with Gasteiger partial charge in [-0.05, 0) is 41.7 Å². The van der Waals surface area contributed by atoms with E-state index in [9.17, 15) is 0 Å². The standard InChI is InChI=1S/C16H17Br/c1-3-7-13-8-4-5-9-15(13)14-10-6-11-16(17)12(14)2/h4-6,8-11H,3,7H2,1-2H3. The third-order valence-corrected chi connectivity index (χ3v) is 3.95. The summed E-state index contributed by atoms with van der Waals surface area (Å²) in [4.78, 5) is 0. The van der Waals surface area contributed by atoms with E-state index in [1.54, 1.807) is 0 Å². The monoisotopic (exact) mass is 288 g/mol. The molecule has 17 heavy (non-hydrogen) atoms. The number of aryl methyl sites for hydroxylation is 1. The Morgan fingerprint density at radius 1 is 0.941 bits per heavy atom. The number of hydrogen-bond acceptors (Lipinski definition) is 0. The van der Waals surface area contributed by atoms with E-state index in [2.05, 4.69) is 72.2 Å². The van der Waals surface area contributed by atoms with E-state index >= 15 is 0 Å². The average molecular weight is 289 g/mol. The highest BCUT2D eigenvalue weighted by atomic mass is 79.9. The molecule has 0 atom stereocenters. The quantitative estimate of drug-likeness (QED) is 0.712. The Bertz CT molecular complexity index is 515. The molecule has 0 fully saturated rings. The minimum absolute atomic E-state index is 1.14. The highest BCUT2D eigenvalue weighted by Gasteiger charge is 2.07.